The van der Waals surface area contributed by atoms with Crippen LogP contribution < -0.4 is 4.72 Å². The quantitative estimate of drug-likeness (QED) is 0.828. The second-order valence-electron chi connectivity index (χ2n) is 2.89. The minimum atomic E-state index is -3.33. The summed E-state index contributed by atoms with van der Waals surface area (Å²) in [5, 5.41) is 2.84. The first-order valence-corrected chi connectivity index (χ1v) is 6.67. The van der Waals surface area contributed by atoms with Crippen LogP contribution in [0.2, 0.25) is 0 Å². The van der Waals surface area contributed by atoms with E-state index in [0.29, 0.717) is 13.2 Å². The molecule has 0 spiro atoms. The van der Waals surface area contributed by atoms with Gasteiger partial charge in [0.1, 0.15) is 0 Å². The van der Waals surface area contributed by atoms with Crippen LogP contribution in [0.5, 0.6) is 0 Å². The normalized spacial score (nSPS) is 11.5. The molecule has 0 saturated heterocycles. The smallest absolute Gasteiger partial charge is 0.233 e. The highest BCUT2D eigenvalue weighted by Gasteiger charge is 2.05. The van der Waals surface area contributed by atoms with Gasteiger partial charge in [0.25, 0.3) is 0 Å². The number of sulfonamides is 1. The summed E-state index contributed by atoms with van der Waals surface area (Å²) in [5.41, 5.74) is 1.05. The molecule has 0 fully saturated rings. The Morgan fingerprint density at radius 2 is 2.40 bits per heavy atom. The molecule has 1 N–H and O–H groups in total. The van der Waals surface area contributed by atoms with Crippen LogP contribution >= 0.6 is 11.3 Å². The Morgan fingerprint density at radius 1 is 1.67 bits per heavy atom. The lowest BCUT2D eigenvalue weighted by Gasteiger charge is -1.99. The molecular formula is C9H13NO3S2. The molecule has 0 aliphatic carbocycles. The first kappa shape index (κ1) is 12.4. The summed E-state index contributed by atoms with van der Waals surface area (Å²) in [6, 6.07) is 1.92. The molecule has 0 saturated carbocycles. The third-order valence-corrected chi connectivity index (χ3v) is 3.66. The van der Waals surface area contributed by atoms with Gasteiger partial charge in [-0.05, 0) is 17.0 Å². The van der Waals surface area contributed by atoms with Gasteiger partial charge in [-0.25, -0.2) is 13.1 Å². The Morgan fingerprint density at radius 3 is 3.00 bits per heavy atom. The molecule has 1 heterocycles. The molecule has 15 heavy (non-hydrogen) atoms. The second kappa shape index (κ2) is 5.41. The largest absolute Gasteiger partial charge is 0.380 e. The van der Waals surface area contributed by atoms with E-state index < -0.39 is 10.0 Å². The summed E-state index contributed by atoms with van der Waals surface area (Å²) >= 11 is 1.50. The first-order chi connectivity index (χ1) is 7.07. The van der Waals surface area contributed by atoms with E-state index >= 15 is 0 Å². The highest BCUT2D eigenvalue weighted by atomic mass is 32.2. The molecule has 6 heteroatoms. The Hall–Kier alpha value is -0.690. The Kier molecular flexibility index (Phi) is 4.46. The van der Waals surface area contributed by atoms with Crippen molar-refractivity contribution in [1.82, 2.24) is 4.72 Å². The van der Waals surface area contributed by atoms with Crippen molar-refractivity contribution < 1.29 is 13.2 Å². The average Bonchev–Trinajstić information content (AvgIpc) is 2.64. The summed E-state index contributed by atoms with van der Waals surface area (Å²) < 4.78 is 29.5. The zero-order valence-corrected chi connectivity index (χ0v) is 10.0. The Bertz CT molecular complexity index is 422. The maximum Gasteiger partial charge on any atom is 0.233 e. The van der Waals surface area contributed by atoms with Gasteiger partial charge in [0.05, 0.1) is 6.61 Å². The van der Waals surface area contributed by atoms with Gasteiger partial charge in [-0.3, -0.25) is 0 Å². The topological polar surface area (TPSA) is 55.4 Å². The number of hydrogen-bond acceptors (Lipinski definition) is 4. The maximum atomic E-state index is 11.1. The van der Waals surface area contributed by atoms with Gasteiger partial charge >= 0.3 is 0 Å². The summed E-state index contributed by atoms with van der Waals surface area (Å²) in [6.45, 7) is 4.05. The van der Waals surface area contributed by atoms with E-state index in [4.69, 9.17) is 4.74 Å². The van der Waals surface area contributed by atoms with E-state index in [-0.39, 0.29) is 0 Å². The molecule has 1 aromatic heterocycles. The number of hydrogen-bond donors (Lipinski definition) is 1. The highest BCUT2D eigenvalue weighted by molar-refractivity contribution is 7.92. The fourth-order valence-corrected chi connectivity index (χ4v) is 2.37. The van der Waals surface area contributed by atoms with Crippen molar-refractivity contribution >= 4 is 21.4 Å². The van der Waals surface area contributed by atoms with Crippen LogP contribution in [0, 0.1) is 0 Å². The molecule has 84 valence electrons. The third-order valence-electron chi connectivity index (χ3n) is 1.69. The van der Waals surface area contributed by atoms with Gasteiger partial charge in [-0.1, -0.05) is 6.58 Å². The van der Waals surface area contributed by atoms with Gasteiger partial charge in [0, 0.05) is 23.9 Å². The zero-order chi connectivity index (χ0) is 11.3. The van der Waals surface area contributed by atoms with Crippen LogP contribution in [-0.4, -0.2) is 15.5 Å². The molecule has 0 aliphatic rings. The van der Waals surface area contributed by atoms with Crippen molar-refractivity contribution in [1.29, 1.82) is 0 Å². The van der Waals surface area contributed by atoms with Crippen LogP contribution in [0.15, 0.2) is 23.4 Å². The molecular weight excluding hydrogens is 234 g/mol. The predicted octanol–water partition coefficient (Wildman–Crippen LogP) is 1.46. The van der Waals surface area contributed by atoms with Gasteiger partial charge in [-0.2, -0.15) is 0 Å². The van der Waals surface area contributed by atoms with Gasteiger partial charge in [0.2, 0.25) is 10.0 Å². The standard InChI is InChI=1S/C9H13NO3S2/c1-3-15(11,12)10-5-9-4-8(6-13-2)7-14-9/h3-4,7,10H,1,5-6H2,2H3. The zero-order valence-electron chi connectivity index (χ0n) is 8.39. The van der Waals surface area contributed by atoms with E-state index in [2.05, 4.69) is 11.3 Å². The predicted molar refractivity (Wildman–Crippen MR) is 61.0 cm³/mol. The fraction of sp³-hybridized carbons (Fsp3) is 0.333. The highest BCUT2D eigenvalue weighted by Crippen LogP contribution is 2.15. The molecule has 1 rings (SSSR count). The van der Waals surface area contributed by atoms with Crippen molar-refractivity contribution in [3.8, 4) is 0 Å². The fourth-order valence-electron chi connectivity index (χ4n) is 0.992. The number of thiophene rings is 1. The summed E-state index contributed by atoms with van der Waals surface area (Å²) in [5.74, 6) is 0. The van der Waals surface area contributed by atoms with Crippen molar-refractivity contribution in [3.05, 3.63) is 33.9 Å². The minimum Gasteiger partial charge on any atom is -0.380 e. The molecule has 0 aliphatic heterocycles. The van der Waals surface area contributed by atoms with Crippen molar-refractivity contribution in [2.75, 3.05) is 7.11 Å². The van der Waals surface area contributed by atoms with Crippen LogP contribution in [-0.2, 0) is 27.9 Å². The van der Waals surface area contributed by atoms with Gasteiger partial charge in [0.15, 0.2) is 0 Å². The Labute approximate surface area is 93.6 Å². The maximum absolute atomic E-state index is 11.1. The SMILES string of the molecule is C=CS(=O)(=O)NCc1cc(COC)cs1. The molecule has 1 aromatic rings. The molecule has 0 amide bonds. The molecule has 0 bridgehead atoms. The lowest BCUT2D eigenvalue weighted by atomic mass is 10.3. The lowest BCUT2D eigenvalue weighted by Crippen LogP contribution is -2.19. The van der Waals surface area contributed by atoms with Crippen molar-refractivity contribution in [2.24, 2.45) is 0 Å². The number of nitrogens with one attached hydrogen (secondary N) is 1. The molecule has 0 radical (unpaired) electrons. The lowest BCUT2D eigenvalue weighted by molar-refractivity contribution is 0.185. The summed E-state index contributed by atoms with van der Waals surface area (Å²) in [6.07, 6.45) is 0. The average molecular weight is 247 g/mol. The molecule has 0 aromatic carbocycles. The van der Waals surface area contributed by atoms with Crippen molar-refractivity contribution in [3.63, 3.8) is 0 Å². The summed E-state index contributed by atoms with van der Waals surface area (Å²) in [4.78, 5) is 0.951. The number of ether oxygens (including phenoxy) is 1. The first-order valence-electron chi connectivity index (χ1n) is 4.24. The van der Waals surface area contributed by atoms with Crippen LogP contribution in [0.3, 0.4) is 0 Å². The van der Waals surface area contributed by atoms with E-state index in [1.54, 1.807) is 7.11 Å². The molecule has 4 nitrogen and oxygen atoms in total. The molecule has 0 unspecified atom stereocenters. The van der Waals surface area contributed by atoms with Crippen LogP contribution in [0.4, 0.5) is 0 Å². The van der Waals surface area contributed by atoms with Gasteiger partial charge in [-0.15, -0.1) is 11.3 Å². The van der Waals surface area contributed by atoms with E-state index in [0.717, 1.165) is 15.8 Å². The summed E-state index contributed by atoms with van der Waals surface area (Å²) in [7, 11) is -1.71. The van der Waals surface area contributed by atoms with E-state index in [1.807, 2.05) is 11.4 Å². The van der Waals surface area contributed by atoms with E-state index in [9.17, 15) is 8.42 Å². The van der Waals surface area contributed by atoms with Crippen molar-refractivity contribution in [2.45, 2.75) is 13.2 Å². The minimum absolute atomic E-state index is 0.294. The van der Waals surface area contributed by atoms with E-state index in [1.165, 1.54) is 11.3 Å². The van der Waals surface area contributed by atoms with Crippen LogP contribution in [0.1, 0.15) is 10.4 Å². The monoisotopic (exact) mass is 247 g/mol. The third kappa shape index (κ3) is 4.13. The van der Waals surface area contributed by atoms with Crippen LogP contribution in [0.25, 0.3) is 0 Å². The number of methoxy groups -OCH3 is 1. The van der Waals surface area contributed by atoms with Gasteiger partial charge < -0.3 is 4.74 Å². The molecule has 0 atom stereocenters. The Balaban J connectivity index is 2.55. The second-order valence-corrected chi connectivity index (χ2v) is 5.59. The number of rotatable bonds is 6.